The van der Waals surface area contributed by atoms with Crippen LogP contribution in [0.15, 0.2) is 140 Å². The SMILES string of the molecule is COc1ccc(N(c2ccccc2)c2ccccc2[P+](C)(c2ccccc2)c2ccccc2)cc1. The lowest BCUT2D eigenvalue weighted by Gasteiger charge is -2.31. The van der Waals surface area contributed by atoms with Gasteiger partial charge in [0.25, 0.3) is 0 Å². The molecule has 5 aromatic rings. The van der Waals surface area contributed by atoms with Gasteiger partial charge in [-0.3, -0.25) is 0 Å². The second-order valence-electron chi connectivity index (χ2n) is 8.54. The van der Waals surface area contributed by atoms with Crippen LogP contribution in [0.3, 0.4) is 0 Å². The van der Waals surface area contributed by atoms with Crippen molar-refractivity contribution in [2.24, 2.45) is 0 Å². The lowest BCUT2D eigenvalue weighted by Crippen LogP contribution is -2.33. The first-order chi connectivity index (χ1) is 17.2. The number of hydrogen-bond acceptors (Lipinski definition) is 2. The Hall–Kier alpha value is -3.87. The molecule has 35 heavy (non-hydrogen) atoms. The summed E-state index contributed by atoms with van der Waals surface area (Å²) in [6.07, 6.45) is 0. The molecule has 3 heteroatoms. The molecule has 0 fully saturated rings. The second-order valence-corrected chi connectivity index (χ2v) is 12.1. The lowest BCUT2D eigenvalue weighted by atomic mass is 10.2. The van der Waals surface area contributed by atoms with Crippen molar-refractivity contribution < 1.29 is 4.74 Å². The second kappa shape index (κ2) is 10.2. The summed E-state index contributed by atoms with van der Waals surface area (Å²) in [5.41, 5.74) is 3.40. The quantitative estimate of drug-likeness (QED) is 0.234. The first-order valence-electron chi connectivity index (χ1n) is 11.8. The number of methoxy groups -OCH3 is 1. The van der Waals surface area contributed by atoms with Crippen molar-refractivity contribution in [1.82, 2.24) is 0 Å². The monoisotopic (exact) mass is 474 g/mol. The number of rotatable bonds is 7. The maximum atomic E-state index is 5.44. The topological polar surface area (TPSA) is 12.5 Å². The molecule has 0 saturated carbocycles. The first kappa shape index (κ1) is 22.9. The average Bonchev–Trinajstić information content (AvgIpc) is 2.95. The van der Waals surface area contributed by atoms with Crippen LogP contribution >= 0.6 is 7.26 Å². The molecule has 0 N–H and O–H groups in total. The Morgan fingerprint density at radius 2 is 0.971 bits per heavy atom. The molecule has 0 radical (unpaired) electrons. The third kappa shape index (κ3) is 4.46. The molecule has 0 aliphatic carbocycles. The van der Waals surface area contributed by atoms with Crippen molar-refractivity contribution in [2.45, 2.75) is 0 Å². The molecule has 0 bridgehead atoms. The number of nitrogens with zero attached hydrogens (tertiary/aromatic N) is 1. The summed E-state index contributed by atoms with van der Waals surface area (Å²) >= 11 is 0. The van der Waals surface area contributed by atoms with Crippen molar-refractivity contribution in [3.63, 3.8) is 0 Å². The molecule has 2 nitrogen and oxygen atoms in total. The van der Waals surface area contributed by atoms with Crippen LogP contribution in [0.5, 0.6) is 5.75 Å². The smallest absolute Gasteiger partial charge is 0.128 e. The van der Waals surface area contributed by atoms with E-state index in [0.717, 1.165) is 17.1 Å². The van der Waals surface area contributed by atoms with E-state index in [1.807, 2.05) is 12.1 Å². The van der Waals surface area contributed by atoms with E-state index in [2.05, 4.69) is 139 Å². The van der Waals surface area contributed by atoms with Crippen LogP contribution in [0.4, 0.5) is 17.1 Å². The molecule has 0 atom stereocenters. The third-order valence-corrected chi connectivity index (χ3v) is 10.5. The zero-order chi connectivity index (χ0) is 24.1. The van der Waals surface area contributed by atoms with Gasteiger partial charge >= 0.3 is 0 Å². The fourth-order valence-corrected chi connectivity index (χ4v) is 8.05. The average molecular weight is 475 g/mol. The summed E-state index contributed by atoms with van der Waals surface area (Å²) < 4.78 is 5.44. The highest BCUT2D eigenvalue weighted by atomic mass is 31.2. The maximum absolute atomic E-state index is 5.44. The zero-order valence-corrected chi connectivity index (χ0v) is 21.0. The van der Waals surface area contributed by atoms with Gasteiger partial charge in [0.1, 0.15) is 28.9 Å². The minimum Gasteiger partial charge on any atom is -0.497 e. The van der Waals surface area contributed by atoms with Crippen LogP contribution in [-0.2, 0) is 0 Å². The Morgan fingerprint density at radius 3 is 1.51 bits per heavy atom. The van der Waals surface area contributed by atoms with E-state index in [0.29, 0.717) is 0 Å². The Labute approximate surface area is 208 Å². The third-order valence-electron chi connectivity index (χ3n) is 6.49. The van der Waals surface area contributed by atoms with Crippen molar-refractivity contribution >= 4 is 40.2 Å². The predicted octanol–water partition coefficient (Wildman–Crippen LogP) is 7.09. The van der Waals surface area contributed by atoms with E-state index in [1.165, 1.54) is 21.6 Å². The van der Waals surface area contributed by atoms with Crippen molar-refractivity contribution in [2.75, 3.05) is 18.7 Å². The molecule has 0 aliphatic rings. The lowest BCUT2D eigenvalue weighted by molar-refractivity contribution is 0.415. The van der Waals surface area contributed by atoms with Crippen LogP contribution < -0.4 is 25.6 Å². The van der Waals surface area contributed by atoms with Crippen LogP contribution in [0, 0.1) is 0 Å². The molecule has 5 aromatic carbocycles. The fraction of sp³-hybridized carbons (Fsp3) is 0.0625. The molecular formula is C32H29NOP+. The Bertz CT molecular complexity index is 1330. The fourth-order valence-electron chi connectivity index (χ4n) is 4.65. The van der Waals surface area contributed by atoms with Gasteiger partial charge in [-0.05, 0) is 72.8 Å². The molecule has 0 spiro atoms. The molecule has 5 rings (SSSR count). The summed E-state index contributed by atoms with van der Waals surface area (Å²) in [4.78, 5) is 2.36. The number of para-hydroxylation sites is 2. The maximum Gasteiger partial charge on any atom is 0.128 e. The minimum absolute atomic E-state index is 0.848. The van der Waals surface area contributed by atoms with Crippen molar-refractivity contribution in [3.05, 3.63) is 140 Å². The van der Waals surface area contributed by atoms with Gasteiger partial charge in [0.15, 0.2) is 0 Å². The van der Waals surface area contributed by atoms with Crippen LogP contribution in [0.25, 0.3) is 0 Å². The number of benzene rings is 5. The molecule has 0 unspecified atom stereocenters. The van der Waals surface area contributed by atoms with Gasteiger partial charge in [-0.25, -0.2) is 0 Å². The van der Waals surface area contributed by atoms with E-state index in [-0.39, 0.29) is 0 Å². The minimum atomic E-state index is -1.94. The van der Waals surface area contributed by atoms with Gasteiger partial charge in [0.2, 0.25) is 0 Å². The summed E-state index contributed by atoms with van der Waals surface area (Å²) in [7, 11) is -0.237. The van der Waals surface area contributed by atoms with Crippen LogP contribution in [0.2, 0.25) is 0 Å². The largest absolute Gasteiger partial charge is 0.497 e. The summed E-state index contributed by atoms with van der Waals surface area (Å²) in [5, 5.41) is 4.07. The van der Waals surface area contributed by atoms with Crippen molar-refractivity contribution in [1.29, 1.82) is 0 Å². The number of ether oxygens (including phenoxy) is 1. The Kier molecular flexibility index (Phi) is 6.66. The van der Waals surface area contributed by atoms with Gasteiger partial charge in [0.05, 0.1) is 19.5 Å². The molecule has 0 saturated heterocycles. The van der Waals surface area contributed by atoms with Gasteiger partial charge in [-0.15, -0.1) is 0 Å². The standard InChI is InChI=1S/C32H29NOP/c1-34-28-24-22-27(23-25-28)33(26-14-6-3-7-15-26)31-20-12-13-21-32(31)35(2,29-16-8-4-9-17-29)30-18-10-5-11-19-30/h3-25H,1-2H3/q+1. The zero-order valence-electron chi connectivity index (χ0n) is 20.1. The summed E-state index contributed by atoms with van der Waals surface area (Å²) in [6, 6.07) is 49.6. The molecule has 0 aromatic heterocycles. The molecule has 0 aliphatic heterocycles. The van der Waals surface area contributed by atoms with Crippen LogP contribution in [0.1, 0.15) is 0 Å². The molecular weight excluding hydrogens is 445 g/mol. The number of anilines is 3. The van der Waals surface area contributed by atoms with E-state index < -0.39 is 7.26 Å². The van der Waals surface area contributed by atoms with E-state index >= 15 is 0 Å². The van der Waals surface area contributed by atoms with Gasteiger partial charge in [-0.2, -0.15) is 0 Å². The van der Waals surface area contributed by atoms with Crippen molar-refractivity contribution in [3.8, 4) is 5.75 Å². The highest BCUT2D eigenvalue weighted by Crippen LogP contribution is 2.54. The molecule has 172 valence electrons. The van der Waals surface area contributed by atoms with Gasteiger partial charge in [-0.1, -0.05) is 66.7 Å². The van der Waals surface area contributed by atoms with E-state index in [4.69, 9.17) is 4.74 Å². The van der Waals surface area contributed by atoms with E-state index in [9.17, 15) is 0 Å². The highest BCUT2D eigenvalue weighted by Gasteiger charge is 2.43. The predicted molar refractivity (Wildman–Crippen MR) is 152 cm³/mol. The summed E-state index contributed by atoms with van der Waals surface area (Å²) in [6.45, 7) is 2.44. The van der Waals surface area contributed by atoms with Crippen LogP contribution in [-0.4, -0.2) is 13.8 Å². The molecule has 0 amide bonds. The van der Waals surface area contributed by atoms with Gasteiger partial charge < -0.3 is 9.64 Å². The first-order valence-corrected chi connectivity index (χ1v) is 14.0. The Balaban J connectivity index is 1.78. The van der Waals surface area contributed by atoms with E-state index in [1.54, 1.807) is 7.11 Å². The highest BCUT2D eigenvalue weighted by molar-refractivity contribution is 7.95. The van der Waals surface area contributed by atoms with Gasteiger partial charge in [0, 0.05) is 11.4 Å². The number of hydrogen-bond donors (Lipinski definition) is 0. The molecule has 0 heterocycles. The Morgan fingerprint density at radius 1 is 0.514 bits per heavy atom. The summed E-state index contributed by atoms with van der Waals surface area (Å²) in [5.74, 6) is 0.848. The normalized spacial score (nSPS) is 11.1.